The fraction of sp³-hybridized carbons (Fsp3) is 0.444. The third-order valence-corrected chi connectivity index (χ3v) is 1.85. The van der Waals surface area contributed by atoms with Crippen molar-refractivity contribution in [2.45, 2.75) is 20.0 Å². The number of hydrogen-bond donors (Lipinski definition) is 2. The van der Waals surface area contributed by atoms with E-state index in [2.05, 4.69) is 25.8 Å². The molecule has 2 heterocycles. The van der Waals surface area contributed by atoms with Crippen molar-refractivity contribution in [1.29, 1.82) is 0 Å². The average molecular weight is 223 g/mol. The molecule has 0 atom stereocenters. The van der Waals surface area contributed by atoms with Crippen LogP contribution in [0.2, 0.25) is 0 Å². The Hall–Kier alpha value is -1.89. The third kappa shape index (κ3) is 2.57. The smallest absolute Gasteiger partial charge is 0.315 e. The minimum absolute atomic E-state index is 0.362. The van der Waals surface area contributed by atoms with Gasteiger partial charge in [0.15, 0.2) is 0 Å². The molecule has 0 bridgehead atoms. The third-order valence-electron chi connectivity index (χ3n) is 1.85. The van der Waals surface area contributed by atoms with Gasteiger partial charge >= 0.3 is 6.01 Å². The molecule has 0 aliphatic carbocycles. The van der Waals surface area contributed by atoms with E-state index >= 15 is 0 Å². The van der Waals surface area contributed by atoms with Gasteiger partial charge in [-0.05, 0) is 14.0 Å². The first-order valence-electron chi connectivity index (χ1n) is 4.90. The van der Waals surface area contributed by atoms with Crippen molar-refractivity contribution in [2.24, 2.45) is 0 Å². The molecular formula is C9H13N5O2. The number of oxazole rings is 1. The van der Waals surface area contributed by atoms with Gasteiger partial charge in [-0.25, -0.2) is 4.98 Å². The molecule has 86 valence electrons. The van der Waals surface area contributed by atoms with Crippen molar-refractivity contribution < 1.29 is 8.83 Å². The topological polar surface area (TPSA) is 89.0 Å². The molecule has 0 fully saturated rings. The summed E-state index contributed by atoms with van der Waals surface area (Å²) >= 11 is 0. The molecule has 0 radical (unpaired) electrons. The average Bonchev–Trinajstić information content (AvgIpc) is 2.85. The van der Waals surface area contributed by atoms with Crippen LogP contribution in [0.4, 0.5) is 6.01 Å². The maximum atomic E-state index is 5.29. The number of aromatic nitrogens is 3. The Morgan fingerprint density at radius 3 is 2.75 bits per heavy atom. The molecule has 7 nitrogen and oxygen atoms in total. The van der Waals surface area contributed by atoms with Gasteiger partial charge in [0, 0.05) is 0 Å². The van der Waals surface area contributed by atoms with Gasteiger partial charge in [0.1, 0.15) is 5.76 Å². The number of hydrogen-bond acceptors (Lipinski definition) is 7. The Morgan fingerprint density at radius 1 is 1.19 bits per heavy atom. The zero-order valence-corrected chi connectivity index (χ0v) is 9.15. The summed E-state index contributed by atoms with van der Waals surface area (Å²) in [6.07, 6.45) is 1.66. The Kier molecular flexibility index (Phi) is 3.16. The quantitative estimate of drug-likeness (QED) is 0.771. The summed E-state index contributed by atoms with van der Waals surface area (Å²) in [6, 6.07) is 0.362. The molecule has 7 heteroatoms. The Morgan fingerprint density at radius 2 is 2.06 bits per heavy atom. The van der Waals surface area contributed by atoms with E-state index in [-0.39, 0.29) is 0 Å². The van der Waals surface area contributed by atoms with Crippen molar-refractivity contribution in [2.75, 3.05) is 12.4 Å². The van der Waals surface area contributed by atoms with Crippen LogP contribution < -0.4 is 10.6 Å². The van der Waals surface area contributed by atoms with Crippen molar-refractivity contribution in [3.8, 4) is 0 Å². The van der Waals surface area contributed by atoms with E-state index < -0.39 is 0 Å². The van der Waals surface area contributed by atoms with Crippen LogP contribution in [0.25, 0.3) is 0 Å². The Bertz CT molecular complexity index is 450. The first kappa shape index (κ1) is 10.6. The number of anilines is 1. The lowest BCUT2D eigenvalue weighted by Crippen LogP contribution is -2.04. The van der Waals surface area contributed by atoms with Crippen LogP contribution in [0.3, 0.4) is 0 Å². The molecule has 0 spiro atoms. The number of rotatable bonds is 5. The number of nitrogens with one attached hydrogen (secondary N) is 2. The molecule has 0 aliphatic rings. The van der Waals surface area contributed by atoms with E-state index in [4.69, 9.17) is 8.83 Å². The highest BCUT2D eigenvalue weighted by atomic mass is 16.4. The van der Waals surface area contributed by atoms with Gasteiger partial charge in [0.05, 0.1) is 19.3 Å². The second-order valence-corrected chi connectivity index (χ2v) is 3.25. The molecule has 0 unspecified atom stereocenters. The first-order chi connectivity index (χ1) is 7.78. The predicted octanol–water partition coefficient (Wildman–Crippen LogP) is 0.698. The second-order valence-electron chi connectivity index (χ2n) is 3.25. The van der Waals surface area contributed by atoms with Crippen LogP contribution in [0.1, 0.15) is 17.5 Å². The summed E-state index contributed by atoms with van der Waals surface area (Å²) in [5, 5.41) is 13.5. The standard InChI is InChI=1S/C9H13N5O2/c1-6-3-11-7(15-6)5-12-9-14-13-8(16-9)4-10-2/h3,10H,4-5H2,1-2H3,(H,12,14). The minimum atomic E-state index is 0.362. The van der Waals surface area contributed by atoms with Gasteiger partial charge in [-0.2, -0.15) is 0 Å². The fourth-order valence-electron chi connectivity index (χ4n) is 1.18. The van der Waals surface area contributed by atoms with Gasteiger partial charge < -0.3 is 19.5 Å². The SMILES string of the molecule is CNCc1nnc(NCc2ncc(C)o2)o1. The largest absolute Gasteiger partial charge is 0.444 e. The summed E-state index contributed by atoms with van der Waals surface area (Å²) in [5.74, 6) is 1.90. The summed E-state index contributed by atoms with van der Waals surface area (Å²) < 4.78 is 10.6. The van der Waals surface area contributed by atoms with Crippen molar-refractivity contribution in [3.63, 3.8) is 0 Å². The lowest BCUT2D eigenvalue weighted by atomic mass is 10.6. The van der Waals surface area contributed by atoms with E-state index in [0.29, 0.717) is 30.9 Å². The highest BCUT2D eigenvalue weighted by molar-refractivity contribution is 5.17. The van der Waals surface area contributed by atoms with E-state index in [1.807, 2.05) is 14.0 Å². The number of nitrogens with zero attached hydrogens (tertiary/aromatic N) is 3. The molecule has 0 aliphatic heterocycles. The van der Waals surface area contributed by atoms with Crippen LogP contribution in [0.15, 0.2) is 15.0 Å². The molecule has 2 N–H and O–H groups in total. The lowest BCUT2D eigenvalue weighted by Gasteiger charge is -1.95. The number of aryl methyl sites for hydroxylation is 1. The van der Waals surface area contributed by atoms with E-state index in [1.165, 1.54) is 0 Å². The zero-order chi connectivity index (χ0) is 11.4. The molecule has 0 saturated carbocycles. The second kappa shape index (κ2) is 4.75. The molecule has 16 heavy (non-hydrogen) atoms. The lowest BCUT2D eigenvalue weighted by molar-refractivity contribution is 0.465. The summed E-state index contributed by atoms with van der Waals surface area (Å²) in [4.78, 5) is 4.04. The maximum absolute atomic E-state index is 5.29. The zero-order valence-electron chi connectivity index (χ0n) is 9.15. The first-order valence-corrected chi connectivity index (χ1v) is 4.90. The molecule has 2 rings (SSSR count). The van der Waals surface area contributed by atoms with Crippen LogP contribution in [-0.4, -0.2) is 22.2 Å². The summed E-state index contributed by atoms with van der Waals surface area (Å²) in [5.41, 5.74) is 0. The van der Waals surface area contributed by atoms with E-state index in [0.717, 1.165) is 5.76 Å². The van der Waals surface area contributed by atoms with Gasteiger partial charge in [-0.3, -0.25) is 0 Å². The van der Waals surface area contributed by atoms with Crippen LogP contribution in [-0.2, 0) is 13.1 Å². The van der Waals surface area contributed by atoms with Crippen molar-refractivity contribution in [3.05, 3.63) is 23.7 Å². The van der Waals surface area contributed by atoms with Gasteiger partial charge in [0.2, 0.25) is 11.8 Å². The molecule has 2 aromatic heterocycles. The van der Waals surface area contributed by atoms with Gasteiger partial charge in [-0.15, -0.1) is 5.10 Å². The highest BCUT2D eigenvalue weighted by Gasteiger charge is 2.06. The van der Waals surface area contributed by atoms with E-state index in [1.54, 1.807) is 6.20 Å². The van der Waals surface area contributed by atoms with Gasteiger partial charge in [-0.1, -0.05) is 5.10 Å². The Balaban J connectivity index is 1.89. The summed E-state index contributed by atoms with van der Waals surface area (Å²) in [7, 11) is 1.81. The molecule has 0 amide bonds. The van der Waals surface area contributed by atoms with E-state index in [9.17, 15) is 0 Å². The molecular weight excluding hydrogens is 210 g/mol. The highest BCUT2D eigenvalue weighted by Crippen LogP contribution is 2.08. The monoisotopic (exact) mass is 223 g/mol. The predicted molar refractivity (Wildman–Crippen MR) is 55.6 cm³/mol. The maximum Gasteiger partial charge on any atom is 0.315 e. The van der Waals surface area contributed by atoms with Crippen molar-refractivity contribution in [1.82, 2.24) is 20.5 Å². The Labute approximate surface area is 92.3 Å². The normalized spacial score (nSPS) is 10.6. The molecule has 0 saturated heterocycles. The van der Waals surface area contributed by atoms with Crippen LogP contribution in [0.5, 0.6) is 0 Å². The van der Waals surface area contributed by atoms with Crippen LogP contribution >= 0.6 is 0 Å². The van der Waals surface area contributed by atoms with Crippen LogP contribution in [0, 0.1) is 6.92 Å². The summed E-state index contributed by atoms with van der Waals surface area (Å²) in [6.45, 7) is 2.82. The van der Waals surface area contributed by atoms with Gasteiger partial charge in [0.25, 0.3) is 0 Å². The fourth-order valence-corrected chi connectivity index (χ4v) is 1.18. The van der Waals surface area contributed by atoms with Crippen molar-refractivity contribution >= 4 is 6.01 Å². The molecule has 2 aromatic rings. The molecule has 0 aromatic carbocycles. The minimum Gasteiger partial charge on any atom is -0.444 e.